The van der Waals surface area contributed by atoms with E-state index in [1.165, 1.54) is 0 Å². The molecule has 0 bridgehead atoms. The Labute approximate surface area is 127 Å². The molecule has 0 heterocycles. The fraction of sp³-hybridized carbons (Fsp3) is 0.600. The Morgan fingerprint density at radius 2 is 1.85 bits per heavy atom. The smallest absolute Gasteiger partial charge is 0.207 e. The van der Waals surface area contributed by atoms with E-state index in [0.717, 1.165) is 25.7 Å². The summed E-state index contributed by atoms with van der Waals surface area (Å²) in [6.45, 7) is 5.65. The highest BCUT2D eigenvalue weighted by Crippen LogP contribution is 2.33. The molecule has 0 radical (unpaired) electrons. The van der Waals surface area contributed by atoms with Crippen LogP contribution in [0.2, 0.25) is 5.02 Å². The Bertz CT molecular complexity index is 578. The van der Waals surface area contributed by atoms with E-state index < -0.39 is 10.0 Å². The average Bonchev–Trinajstić information content (AvgIpc) is 2.85. The van der Waals surface area contributed by atoms with E-state index in [9.17, 15) is 8.42 Å². The highest BCUT2D eigenvalue weighted by Gasteiger charge is 2.36. The molecule has 0 N–H and O–H groups in total. The van der Waals surface area contributed by atoms with Gasteiger partial charge in [-0.05, 0) is 51.3 Å². The van der Waals surface area contributed by atoms with Gasteiger partial charge in [0.15, 0.2) is 0 Å². The van der Waals surface area contributed by atoms with Crippen LogP contribution in [0.3, 0.4) is 0 Å². The molecule has 1 aromatic rings. The van der Waals surface area contributed by atoms with Crippen molar-refractivity contribution in [3.8, 4) is 0 Å². The summed E-state index contributed by atoms with van der Waals surface area (Å²) in [4.78, 5) is 0.339. The lowest BCUT2D eigenvalue weighted by molar-refractivity contribution is 0.275. The SMILES string of the molecule is Cc1c(Cl)cccc1S(=O)(=O)N(C(C)C)C1CCCC1. The first kappa shape index (κ1) is 15.8. The standard InChI is InChI=1S/C15H22ClNO2S/c1-11(2)17(13-7-4-5-8-13)20(18,19)15-10-6-9-14(16)12(15)3/h6,9-11,13H,4-5,7-8H2,1-3H3. The molecule has 1 aliphatic carbocycles. The molecule has 5 heteroatoms. The summed E-state index contributed by atoms with van der Waals surface area (Å²) in [6.07, 6.45) is 4.13. The second kappa shape index (κ2) is 6.04. The Morgan fingerprint density at radius 1 is 1.25 bits per heavy atom. The summed E-state index contributed by atoms with van der Waals surface area (Å²) in [5.41, 5.74) is 0.637. The van der Waals surface area contributed by atoms with E-state index in [1.807, 2.05) is 13.8 Å². The van der Waals surface area contributed by atoms with Crippen molar-refractivity contribution >= 4 is 21.6 Å². The number of hydrogen-bond acceptors (Lipinski definition) is 2. The number of benzene rings is 1. The van der Waals surface area contributed by atoms with E-state index in [0.29, 0.717) is 15.5 Å². The van der Waals surface area contributed by atoms with Crippen LogP contribution >= 0.6 is 11.6 Å². The Hall–Kier alpha value is -0.580. The van der Waals surface area contributed by atoms with Crippen molar-refractivity contribution in [1.82, 2.24) is 4.31 Å². The first-order valence-electron chi connectivity index (χ1n) is 7.14. The molecule has 1 saturated carbocycles. The van der Waals surface area contributed by atoms with Crippen LogP contribution in [0, 0.1) is 6.92 Å². The van der Waals surface area contributed by atoms with Crippen molar-refractivity contribution in [2.24, 2.45) is 0 Å². The Morgan fingerprint density at radius 3 is 2.40 bits per heavy atom. The third-order valence-electron chi connectivity index (χ3n) is 3.97. The largest absolute Gasteiger partial charge is 0.243 e. The van der Waals surface area contributed by atoms with Crippen molar-refractivity contribution < 1.29 is 8.42 Å². The zero-order valence-electron chi connectivity index (χ0n) is 12.3. The van der Waals surface area contributed by atoms with Gasteiger partial charge in [0, 0.05) is 17.1 Å². The maximum Gasteiger partial charge on any atom is 0.243 e. The number of sulfonamides is 1. The zero-order chi connectivity index (χ0) is 14.9. The van der Waals surface area contributed by atoms with Gasteiger partial charge in [-0.15, -0.1) is 0 Å². The maximum absolute atomic E-state index is 13.0. The monoisotopic (exact) mass is 315 g/mol. The Kier molecular flexibility index (Phi) is 4.77. The van der Waals surface area contributed by atoms with E-state index in [2.05, 4.69) is 0 Å². The van der Waals surface area contributed by atoms with Crippen molar-refractivity contribution in [1.29, 1.82) is 0 Å². The van der Waals surface area contributed by atoms with Crippen LogP contribution in [-0.2, 0) is 10.0 Å². The lowest BCUT2D eigenvalue weighted by Crippen LogP contribution is -2.43. The molecule has 2 rings (SSSR count). The molecule has 0 amide bonds. The van der Waals surface area contributed by atoms with E-state index in [-0.39, 0.29) is 12.1 Å². The minimum absolute atomic E-state index is 0.0403. The van der Waals surface area contributed by atoms with E-state index >= 15 is 0 Å². The molecule has 0 saturated heterocycles. The van der Waals surface area contributed by atoms with Gasteiger partial charge in [0.25, 0.3) is 0 Å². The molecular formula is C15H22ClNO2S. The van der Waals surface area contributed by atoms with Gasteiger partial charge in [0.05, 0.1) is 4.90 Å². The third-order valence-corrected chi connectivity index (χ3v) is 6.65. The lowest BCUT2D eigenvalue weighted by atomic mass is 10.2. The highest BCUT2D eigenvalue weighted by molar-refractivity contribution is 7.89. The third kappa shape index (κ3) is 2.87. The molecular weight excluding hydrogens is 294 g/mol. The van der Waals surface area contributed by atoms with Crippen LogP contribution in [-0.4, -0.2) is 24.8 Å². The van der Waals surface area contributed by atoms with Gasteiger partial charge in [-0.3, -0.25) is 0 Å². The first-order chi connectivity index (χ1) is 9.35. The van der Waals surface area contributed by atoms with E-state index in [1.54, 1.807) is 29.4 Å². The molecule has 0 unspecified atom stereocenters. The van der Waals surface area contributed by atoms with Crippen molar-refractivity contribution in [2.45, 2.75) is 63.4 Å². The maximum atomic E-state index is 13.0. The molecule has 1 fully saturated rings. The Balaban J connectivity index is 2.48. The zero-order valence-corrected chi connectivity index (χ0v) is 13.8. The van der Waals surface area contributed by atoms with Crippen molar-refractivity contribution in [3.05, 3.63) is 28.8 Å². The minimum Gasteiger partial charge on any atom is -0.207 e. The molecule has 1 aromatic carbocycles. The fourth-order valence-corrected chi connectivity index (χ4v) is 5.40. The number of nitrogens with zero attached hydrogens (tertiary/aromatic N) is 1. The molecule has 0 spiro atoms. The van der Waals surface area contributed by atoms with Crippen LogP contribution < -0.4 is 0 Å². The van der Waals surface area contributed by atoms with E-state index in [4.69, 9.17) is 11.6 Å². The van der Waals surface area contributed by atoms with Gasteiger partial charge in [0.2, 0.25) is 10.0 Å². The van der Waals surface area contributed by atoms with Crippen LogP contribution in [0.1, 0.15) is 45.1 Å². The minimum atomic E-state index is -3.49. The molecule has 112 valence electrons. The first-order valence-corrected chi connectivity index (χ1v) is 8.96. The van der Waals surface area contributed by atoms with Crippen LogP contribution in [0.15, 0.2) is 23.1 Å². The molecule has 3 nitrogen and oxygen atoms in total. The van der Waals surface area contributed by atoms with Crippen LogP contribution in [0.5, 0.6) is 0 Å². The summed E-state index contributed by atoms with van der Waals surface area (Å²) in [7, 11) is -3.49. The molecule has 0 aromatic heterocycles. The highest BCUT2D eigenvalue weighted by atomic mass is 35.5. The quantitative estimate of drug-likeness (QED) is 0.842. The normalized spacial score (nSPS) is 17.3. The predicted molar refractivity (Wildman–Crippen MR) is 82.6 cm³/mol. The predicted octanol–water partition coefficient (Wildman–Crippen LogP) is 3.99. The van der Waals surface area contributed by atoms with Crippen LogP contribution in [0.25, 0.3) is 0 Å². The lowest BCUT2D eigenvalue weighted by Gasteiger charge is -2.32. The van der Waals surface area contributed by atoms with Gasteiger partial charge < -0.3 is 0 Å². The summed E-state index contributed by atoms with van der Waals surface area (Å²) in [6, 6.07) is 5.17. The topological polar surface area (TPSA) is 37.4 Å². The second-order valence-corrected chi connectivity index (χ2v) is 7.95. The molecule has 0 aliphatic heterocycles. The number of halogens is 1. The summed E-state index contributed by atoms with van der Waals surface area (Å²) < 4.78 is 27.7. The van der Waals surface area contributed by atoms with Gasteiger partial charge in [-0.25, -0.2) is 8.42 Å². The average molecular weight is 316 g/mol. The second-order valence-electron chi connectivity index (χ2n) is 5.73. The van der Waals surface area contributed by atoms with Gasteiger partial charge in [-0.1, -0.05) is 30.5 Å². The fourth-order valence-electron chi connectivity index (χ4n) is 3.03. The van der Waals surface area contributed by atoms with Crippen molar-refractivity contribution in [3.63, 3.8) is 0 Å². The summed E-state index contributed by atoms with van der Waals surface area (Å²) in [5, 5.41) is 0.501. The summed E-state index contributed by atoms with van der Waals surface area (Å²) >= 11 is 6.08. The van der Waals surface area contributed by atoms with Gasteiger partial charge >= 0.3 is 0 Å². The van der Waals surface area contributed by atoms with Gasteiger partial charge in [-0.2, -0.15) is 4.31 Å². The van der Waals surface area contributed by atoms with Crippen LogP contribution in [0.4, 0.5) is 0 Å². The molecule has 0 atom stereocenters. The molecule has 20 heavy (non-hydrogen) atoms. The molecule has 1 aliphatic rings. The van der Waals surface area contributed by atoms with Crippen molar-refractivity contribution in [2.75, 3.05) is 0 Å². The summed E-state index contributed by atoms with van der Waals surface area (Å²) in [5.74, 6) is 0. The van der Waals surface area contributed by atoms with Gasteiger partial charge in [0.1, 0.15) is 0 Å². The number of rotatable bonds is 4. The number of hydrogen-bond donors (Lipinski definition) is 0.